The molecule has 1 saturated heterocycles. The number of halogens is 1. The lowest BCUT2D eigenvalue weighted by atomic mass is 10.2. The van der Waals surface area contributed by atoms with Crippen LogP contribution in [0.5, 0.6) is 0 Å². The molecule has 2 aromatic rings. The van der Waals surface area contributed by atoms with Crippen LogP contribution in [0.3, 0.4) is 0 Å². The van der Waals surface area contributed by atoms with Crippen LogP contribution >= 0.6 is 0 Å². The molecule has 0 atom stereocenters. The monoisotopic (exact) mass is 400 g/mol. The van der Waals surface area contributed by atoms with Crippen LogP contribution in [0.2, 0.25) is 0 Å². The van der Waals surface area contributed by atoms with Crippen molar-refractivity contribution < 1.29 is 14.1 Å². The molecule has 2 aromatic carbocycles. The normalized spacial score (nSPS) is 15.6. The zero-order valence-electron chi connectivity index (χ0n) is 16.2. The minimum atomic E-state index is -0.486. The number of hydrogen-bond acceptors (Lipinski definition) is 5. The number of carbonyl (C=O) groups is 1. The van der Waals surface area contributed by atoms with E-state index < -0.39 is 4.92 Å². The van der Waals surface area contributed by atoms with E-state index in [-0.39, 0.29) is 17.4 Å². The van der Waals surface area contributed by atoms with Gasteiger partial charge in [-0.25, -0.2) is 4.39 Å². The fourth-order valence-corrected chi connectivity index (χ4v) is 3.45. The van der Waals surface area contributed by atoms with Crippen molar-refractivity contribution in [2.75, 3.05) is 38.0 Å². The Balaban J connectivity index is 1.44. The lowest BCUT2D eigenvalue weighted by Gasteiger charge is -2.22. The summed E-state index contributed by atoms with van der Waals surface area (Å²) in [5.74, 6) is -0.343. The molecule has 8 heteroatoms. The van der Waals surface area contributed by atoms with Crippen LogP contribution in [0.4, 0.5) is 15.8 Å². The summed E-state index contributed by atoms with van der Waals surface area (Å²) in [5.41, 5.74) is 1.08. The van der Waals surface area contributed by atoms with Crippen molar-refractivity contribution in [1.29, 1.82) is 0 Å². The Labute approximate surface area is 169 Å². The van der Waals surface area contributed by atoms with Gasteiger partial charge in [-0.2, -0.15) is 0 Å². The first-order chi connectivity index (χ1) is 14.0. The molecule has 1 heterocycles. The zero-order chi connectivity index (χ0) is 20.6. The molecule has 0 unspecified atom stereocenters. The van der Waals surface area contributed by atoms with Gasteiger partial charge in [0.25, 0.3) is 5.69 Å². The highest BCUT2D eigenvalue weighted by Crippen LogP contribution is 2.17. The van der Waals surface area contributed by atoms with Crippen LogP contribution < -0.4 is 5.32 Å². The van der Waals surface area contributed by atoms with Crippen molar-refractivity contribution >= 4 is 17.3 Å². The summed E-state index contributed by atoms with van der Waals surface area (Å²) in [6, 6.07) is 12.8. The fraction of sp³-hybridized carbons (Fsp3) is 0.381. The molecule has 1 aliphatic heterocycles. The third kappa shape index (κ3) is 6.33. The Morgan fingerprint density at radius 1 is 1.07 bits per heavy atom. The van der Waals surface area contributed by atoms with Crippen molar-refractivity contribution in [3.63, 3.8) is 0 Å². The molecular formula is C21H25FN4O3. The third-order valence-electron chi connectivity index (χ3n) is 5.03. The van der Waals surface area contributed by atoms with E-state index in [1.807, 2.05) is 12.1 Å². The van der Waals surface area contributed by atoms with Crippen LogP contribution in [-0.2, 0) is 11.3 Å². The minimum Gasteiger partial charge on any atom is -0.326 e. The average Bonchev–Trinajstić information content (AvgIpc) is 2.93. The Morgan fingerprint density at radius 3 is 2.62 bits per heavy atom. The fourth-order valence-electron chi connectivity index (χ4n) is 3.45. The van der Waals surface area contributed by atoms with Gasteiger partial charge in [0.15, 0.2) is 0 Å². The van der Waals surface area contributed by atoms with Gasteiger partial charge in [-0.05, 0) is 31.6 Å². The van der Waals surface area contributed by atoms with Gasteiger partial charge in [-0.3, -0.25) is 19.8 Å². The van der Waals surface area contributed by atoms with Crippen molar-refractivity contribution in [3.8, 4) is 0 Å². The van der Waals surface area contributed by atoms with Crippen molar-refractivity contribution in [2.45, 2.75) is 19.4 Å². The Kier molecular flexibility index (Phi) is 7.26. The molecule has 7 nitrogen and oxygen atoms in total. The molecule has 1 fully saturated rings. The number of nitro benzene ring substituents is 1. The lowest BCUT2D eigenvalue weighted by Crippen LogP contribution is -2.32. The Hall–Kier alpha value is -2.84. The highest BCUT2D eigenvalue weighted by atomic mass is 19.1. The van der Waals surface area contributed by atoms with Gasteiger partial charge in [0, 0.05) is 56.0 Å². The van der Waals surface area contributed by atoms with Gasteiger partial charge >= 0.3 is 0 Å². The maximum Gasteiger partial charge on any atom is 0.271 e. The topological polar surface area (TPSA) is 78.7 Å². The molecule has 0 aliphatic carbocycles. The van der Waals surface area contributed by atoms with Crippen LogP contribution in [0, 0.1) is 15.9 Å². The van der Waals surface area contributed by atoms with Gasteiger partial charge in [0.05, 0.1) is 4.92 Å². The summed E-state index contributed by atoms with van der Waals surface area (Å²) in [6.07, 6.45) is 1.27. The molecule has 0 spiro atoms. The number of nitro groups is 1. The van der Waals surface area contributed by atoms with E-state index in [0.717, 1.165) is 32.6 Å². The second kappa shape index (κ2) is 10.1. The maximum absolute atomic E-state index is 13.9. The molecule has 0 saturated carbocycles. The highest BCUT2D eigenvalue weighted by Gasteiger charge is 2.17. The number of benzene rings is 2. The first kappa shape index (κ1) is 20.9. The first-order valence-corrected chi connectivity index (χ1v) is 9.74. The van der Waals surface area contributed by atoms with Gasteiger partial charge in [0.1, 0.15) is 5.82 Å². The summed E-state index contributed by atoms with van der Waals surface area (Å²) in [4.78, 5) is 27.0. The molecule has 1 amide bonds. The number of amides is 1. The largest absolute Gasteiger partial charge is 0.326 e. The second-order valence-electron chi connectivity index (χ2n) is 7.17. The quantitative estimate of drug-likeness (QED) is 0.570. The van der Waals surface area contributed by atoms with E-state index in [9.17, 15) is 19.3 Å². The number of nitrogens with one attached hydrogen (secondary N) is 1. The molecule has 154 valence electrons. The van der Waals surface area contributed by atoms with Crippen molar-refractivity contribution in [3.05, 3.63) is 70.0 Å². The van der Waals surface area contributed by atoms with E-state index in [1.54, 1.807) is 18.2 Å². The second-order valence-corrected chi connectivity index (χ2v) is 7.17. The summed E-state index contributed by atoms with van der Waals surface area (Å²) < 4.78 is 13.9. The summed E-state index contributed by atoms with van der Waals surface area (Å²) >= 11 is 0. The van der Waals surface area contributed by atoms with Crippen molar-refractivity contribution in [1.82, 2.24) is 9.80 Å². The smallest absolute Gasteiger partial charge is 0.271 e. The number of carbonyl (C=O) groups excluding carboxylic acids is 1. The minimum absolute atomic E-state index is 0.0507. The van der Waals surface area contributed by atoms with Crippen molar-refractivity contribution in [2.24, 2.45) is 0 Å². The standard InChI is InChI=1S/C21H25FN4O3/c22-20-8-2-1-5-17(20)16-25-11-4-10-24(13-14-25)12-9-21(27)23-18-6-3-7-19(15-18)26(28)29/h1-3,5-8,15H,4,9-14,16H2,(H,23,27). The van der Waals surface area contributed by atoms with E-state index in [4.69, 9.17) is 0 Å². The van der Waals surface area contributed by atoms with Gasteiger partial charge in [0.2, 0.25) is 5.91 Å². The Bertz CT molecular complexity index is 861. The molecule has 0 bridgehead atoms. The van der Waals surface area contributed by atoms with E-state index >= 15 is 0 Å². The maximum atomic E-state index is 13.9. The first-order valence-electron chi connectivity index (χ1n) is 9.74. The van der Waals surface area contributed by atoms with Gasteiger partial charge in [-0.1, -0.05) is 24.3 Å². The average molecular weight is 400 g/mol. The van der Waals surface area contributed by atoms with Gasteiger partial charge in [-0.15, -0.1) is 0 Å². The molecule has 29 heavy (non-hydrogen) atoms. The number of non-ortho nitro benzene ring substituents is 1. The molecular weight excluding hydrogens is 375 g/mol. The highest BCUT2D eigenvalue weighted by molar-refractivity contribution is 5.91. The van der Waals surface area contributed by atoms with Crippen LogP contribution in [-0.4, -0.2) is 53.4 Å². The van der Waals surface area contributed by atoms with E-state index in [2.05, 4.69) is 15.1 Å². The number of rotatable bonds is 7. The number of nitrogens with zero attached hydrogens (tertiary/aromatic N) is 3. The van der Waals surface area contributed by atoms with E-state index in [0.29, 0.717) is 30.8 Å². The van der Waals surface area contributed by atoms with Crippen LogP contribution in [0.1, 0.15) is 18.4 Å². The predicted octanol–water partition coefficient (Wildman–Crippen LogP) is 3.27. The SMILES string of the molecule is O=C(CCN1CCCN(Cc2ccccc2F)CC1)Nc1cccc([N+](=O)[O-])c1. The number of anilines is 1. The van der Waals surface area contributed by atoms with Crippen LogP contribution in [0.25, 0.3) is 0 Å². The van der Waals surface area contributed by atoms with Gasteiger partial charge < -0.3 is 10.2 Å². The molecule has 1 aliphatic rings. The molecule has 0 aromatic heterocycles. The molecule has 3 rings (SSSR count). The van der Waals surface area contributed by atoms with E-state index in [1.165, 1.54) is 18.2 Å². The summed E-state index contributed by atoms with van der Waals surface area (Å²) in [6.45, 7) is 4.63. The van der Waals surface area contributed by atoms with Crippen LogP contribution in [0.15, 0.2) is 48.5 Å². The molecule has 0 radical (unpaired) electrons. The summed E-state index contributed by atoms with van der Waals surface area (Å²) in [7, 11) is 0. The molecule has 1 N–H and O–H groups in total. The predicted molar refractivity (Wildman–Crippen MR) is 109 cm³/mol. The Morgan fingerprint density at radius 2 is 1.83 bits per heavy atom. The summed E-state index contributed by atoms with van der Waals surface area (Å²) in [5, 5.41) is 13.5. The third-order valence-corrected chi connectivity index (χ3v) is 5.03. The zero-order valence-corrected chi connectivity index (χ0v) is 16.2. The number of hydrogen-bond donors (Lipinski definition) is 1. The lowest BCUT2D eigenvalue weighted by molar-refractivity contribution is -0.384.